The van der Waals surface area contributed by atoms with E-state index in [9.17, 15) is 4.79 Å². The molecule has 0 saturated carbocycles. The summed E-state index contributed by atoms with van der Waals surface area (Å²) in [7, 11) is 1.38. The molecule has 0 fully saturated rings. The minimum Gasteiger partial charge on any atom is -0.465 e. The van der Waals surface area contributed by atoms with Crippen molar-refractivity contribution in [3.63, 3.8) is 0 Å². The van der Waals surface area contributed by atoms with Crippen LogP contribution in [-0.4, -0.2) is 13.1 Å². The van der Waals surface area contributed by atoms with Crippen LogP contribution in [0, 0.1) is 0 Å². The Kier molecular flexibility index (Phi) is 5.69. The normalized spacial score (nSPS) is 10.3. The van der Waals surface area contributed by atoms with Crippen LogP contribution in [0.2, 0.25) is 0 Å². The maximum Gasteiger partial charge on any atom is 0.337 e. The minimum absolute atomic E-state index is 0.323. The van der Waals surface area contributed by atoms with Gasteiger partial charge in [0.2, 0.25) is 0 Å². The molecule has 0 unspecified atom stereocenters. The Morgan fingerprint density at radius 1 is 1.15 bits per heavy atom. The highest BCUT2D eigenvalue weighted by atomic mass is 79.9. The number of esters is 1. The van der Waals surface area contributed by atoms with E-state index in [4.69, 9.17) is 4.74 Å². The third kappa shape index (κ3) is 3.87. The van der Waals surface area contributed by atoms with Crippen LogP contribution in [0.25, 0.3) is 0 Å². The number of hydrogen-bond acceptors (Lipinski definition) is 3. The van der Waals surface area contributed by atoms with Crippen LogP contribution in [0.3, 0.4) is 0 Å². The average Bonchev–Trinajstić information content (AvgIpc) is 2.46. The molecule has 0 atom stereocenters. The van der Waals surface area contributed by atoms with E-state index in [1.165, 1.54) is 12.0 Å². The lowest BCUT2D eigenvalue weighted by Crippen LogP contribution is -2.01. The summed E-state index contributed by atoms with van der Waals surface area (Å²) in [6.45, 7) is 0. The van der Waals surface area contributed by atoms with E-state index in [0.29, 0.717) is 5.56 Å². The molecule has 104 valence electrons. The summed E-state index contributed by atoms with van der Waals surface area (Å²) in [5.74, 6) is 0.501. The molecule has 0 radical (unpaired) electrons. The SMILES string of the molecule is COC(=O)c1ccc(CSc2ccccc2Br)c(Br)c1. The van der Waals surface area contributed by atoms with Crippen LogP contribution in [0.1, 0.15) is 15.9 Å². The van der Waals surface area contributed by atoms with Crippen molar-refractivity contribution in [2.75, 3.05) is 7.11 Å². The van der Waals surface area contributed by atoms with Gasteiger partial charge in [-0.3, -0.25) is 0 Å². The Morgan fingerprint density at radius 3 is 2.55 bits per heavy atom. The maximum atomic E-state index is 11.4. The zero-order chi connectivity index (χ0) is 14.5. The molecular formula is C15H12Br2O2S. The number of hydrogen-bond donors (Lipinski definition) is 0. The summed E-state index contributed by atoms with van der Waals surface area (Å²) in [6.07, 6.45) is 0. The largest absolute Gasteiger partial charge is 0.465 e. The van der Waals surface area contributed by atoms with E-state index in [1.54, 1.807) is 23.9 Å². The number of carbonyl (C=O) groups is 1. The van der Waals surface area contributed by atoms with Crippen molar-refractivity contribution in [3.8, 4) is 0 Å². The van der Waals surface area contributed by atoms with Crippen LogP contribution in [0.5, 0.6) is 0 Å². The molecule has 0 saturated heterocycles. The second-order valence-corrected chi connectivity index (χ2v) is 6.74. The van der Waals surface area contributed by atoms with E-state index in [2.05, 4.69) is 37.9 Å². The van der Waals surface area contributed by atoms with Crippen molar-refractivity contribution in [1.29, 1.82) is 0 Å². The molecule has 0 amide bonds. The molecule has 0 aliphatic heterocycles. The van der Waals surface area contributed by atoms with Gasteiger partial charge < -0.3 is 4.74 Å². The second-order valence-electron chi connectivity index (χ2n) is 4.02. The van der Waals surface area contributed by atoms with Crippen LogP contribution < -0.4 is 0 Å². The lowest BCUT2D eigenvalue weighted by Gasteiger charge is -2.07. The first-order chi connectivity index (χ1) is 9.61. The first-order valence-electron chi connectivity index (χ1n) is 5.86. The van der Waals surface area contributed by atoms with Gasteiger partial charge in [0.05, 0.1) is 12.7 Å². The summed E-state index contributed by atoms with van der Waals surface area (Å²) in [6, 6.07) is 13.6. The van der Waals surface area contributed by atoms with Crippen LogP contribution in [-0.2, 0) is 10.5 Å². The molecule has 2 rings (SSSR count). The van der Waals surface area contributed by atoms with Crippen molar-refractivity contribution >= 4 is 49.6 Å². The van der Waals surface area contributed by atoms with Gasteiger partial charge in [-0.1, -0.05) is 34.1 Å². The zero-order valence-electron chi connectivity index (χ0n) is 10.7. The van der Waals surface area contributed by atoms with Crippen molar-refractivity contribution < 1.29 is 9.53 Å². The third-order valence-electron chi connectivity index (χ3n) is 2.69. The molecule has 5 heteroatoms. The summed E-state index contributed by atoms with van der Waals surface area (Å²) in [5.41, 5.74) is 1.69. The van der Waals surface area contributed by atoms with E-state index in [1.807, 2.05) is 24.3 Å². The monoisotopic (exact) mass is 414 g/mol. The van der Waals surface area contributed by atoms with Gasteiger partial charge in [-0.25, -0.2) is 4.79 Å². The molecule has 0 N–H and O–H groups in total. The average molecular weight is 416 g/mol. The van der Waals surface area contributed by atoms with E-state index in [0.717, 1.165) is 20.3 Å². The third-order valence-corrected chi connectivity index (χ3v) is 5.51. The molecule has 0 spiro atoms. The number of rotatable bonds is 4. The fraction of sp³-hybridized carbons (Fsp3) is 0.133. The molecule has 0 aliphatic carbocycles. The predicted octanol–water partition coefficient (Wildman–Crippen LogP) is 5.29. The number of carbonyl (C=O) groups excluding carboxylic acids is 1. The van der Waals surface area contributed by atoms with E-state index >= 15 is 0 Å². The van der Waals surface area contributed by atoms with Crippen LogP contribution in [0.4, 0.5) is 0 Å². The lowest BCUT2D eigenvalue weighted by atomic mass is 10.1. The number of halogens is 2. The van der Waals surface area contributed by atoms with Gasteiger partial charge in [0.15, 0.2) is 0 Å². The molecule has 0 bridgehead atoms. The molecule has 2 aromatic rings. The van der Waals surface area contributed by atoms with Gasteiger partial charge in [0, 0.05) is 19.6 Å². The van der Waals surface area contributed by atoms with Gasteiger partial charge in [-0.15, -0.1) is 11.8 Å². The van der Waals surface area contributed by atoms with Crippen LogP contribution in [0.15, 0.2) is 56.3 Å². The highest BCUT2D eigenvalue weighted by Crippen LogP contribution is 2.32. The Labute approximate surface area is 139 Å². The maximum absolute atomic E-state index is 11.4. The molecule has 0 heterocycles. The van der Waals surface area contributed by atoms with Gasteiger partial charge >= 0.3 is 5.97 Å². The highest BCUT2D eigenvalue weighted by molar-refractivity contribution is 9.10. The molecule has 20 heavy (non-hydrogen) atoms. The quantitative estimate of drug-likeness (QED) is 0.501. The summed E-state index contributed by atoms with van der Waals surface area (Å²) < 4.78 is 6.71. The van der Waals surface area contributed by atoms with Crippen molar-refractivity contribution in [3.05, 3.63) is 62.5 Å². The Morgan fingerprint density at radius 2 is 1.90 bits per heavy atom. The molecule has 2 nitrogen and oxygen atoms in total. The minimum atomic E-state index is -0.323. The summed E-state index contributed by atoms with van der Waals surface area (Å²) >= 11 is 8.78. The highest BCUT2D eigenvalue weighted by Gasteiger charge is 2.09. The van der Waals surface area contributed by atoms with Crippen LogP contribution >= 0.6 is 43.6 Å². The summed E-state index contributed by atoms with van der Waals surface area (Å²) in [4.78, 5) is 12.6. The fourth-order valence-corrected chi connectivity index (χ4v) is 3.90. The predicted molar refractivity (Wildman–Crippen MR) is 89.2 cm³/mol. The lowest BCUT2D eigenvalue weighted by molar-refractivity contribution is 0.0600. The Balaban J connectivity index is 2.11. The van der Waals surface area contributed by atoms with Gasteiger partial charge in [-0.05, 0) is 45.8 Å². The summed E-state index contributed by atoms with van der Waals surface area (Å²) in [5, 5.41) is 0. The molecule has 0 aliphatic rings. The number of benzene rings is 2. The first-order valence-corrected chi connectivity index (χ1v) is 8.43. The van der Waals surface area contributed by atoms with E-state index in [-0.39, 0.29) is 5.97 Å². The smallest absolute Gasteiger partial charge is 0.337 e. The molecule has 0 aromatic heterocycles. The van der Waals surface area contributed by atoms with E-state index < -0.39 is 0 Å². The number of methoxy groups -OCH3 is 1. The number of thioether (sulfide) groups is 1. The Bertz CT molecular complexity index is 629. The first kappa shape index (κ1) is 15.6. The fourth-order valence-electron chi connectivity index (χ4n) is 1.63. The zero-order valence-corrected chi connectivity index (χ0v) is 14.7. The molecular weight excluding hydrogens is 404 g/mol. The van der Waals surface area contributed by atoms with Gasteiger partial charge in [-0.2, -0.15) is 0 Å². The van der Waals surface area contributed by atoms with Gasteiger partial charge in [0.25, 0.3) is 0 Å². The standard InChI is InChI=1S/C15H12Br2O2S/c1-19-15(18)10-6-7-11(13(17)8-10)9-20-14-5-3-2-4-12(14)16/h2-8H,9H2,1H3. The topological polar surface area (TPSA) is 26.3 Å². The Hall–Kier alpha value is -0.780. The van der Waals surface area contributed by atoms with Crippen molar-refractivity contribution in [2.45, 2.75) is 10.6 Å². The van der Waals surface area contributed by atoms with Gasteiger partial charge in [0.1, 0.15) is 0 Å². The second kappa shape index (κ2) is 7.29. The number of ether oxygens (including phenoxy) is 1. The van der Waals surface area contributed by atoms with Crippen molar-refractivity contribution in [1.82, 2.24) is 0 Å². The molecule has 2 aromatic carbocycles. The van der Waals surface area contributed by atoms with Crippen molar-refractivity contribution in [2.24, 2.45) is 0 Å².